The molecule has 0 radical (unpaired) electrons. The Kier molecular flexibility index (Phi) is 6.09. The van der Waals surface area contributed by atoms with E-state index < -0.39 is 0 Å². The molecule has 0 atom stereocenters. The van der Waals surface area contributed by atoms with Gasteiger partial charge in [0.2, 0.25) is 0 Å². The fraction of sp³-hybridized carbons (Fsp3) is 0.389. The molecule has 1 aromatic carbocycles. The number of aryl methyl sites for hydroxylation is 1. The van der Waals surface area contributed by atoms with E-state index in [1.165, 1.54) is 6.26 Å². The molecule has 0 fully saturated rings. The van der Waals surface area contributed by atoms with Crippen LogP contribution in [0.25, 0.3) is 0 Å². The van der Waals surface area contributed by atoms with Crippen molar-refractivity contribution in [2.75, 3.05) is 19.8 Å². The van der Waals surface area contributed by atoms with Crippen LogP contribution in [0.5, 0.6) is 11.5 Å². The zero-order valence-electron chi connectivity index (χ0n) is 13.8. The molecular weight excluding hydrogens is 294 g/mol. The molecule has 0 saturated carbocycles. The lowest BCUT2D eigenvalue weighted by Crippen LogP contribution is -2.25. The molecule has 0 spiro atoms. The number of benzene rings is 1. The second kappa shape index (κ2) is 8.27. The predicted molar refractivity (Wildman–Crippen MR) is 88.3 cm³/mol. The largest absolute Gasteiger partial charge is 0.490 e. The van der Waals surface area contributed by atoms with Crippen molar-refractivity contribution in [1.29, 1.82) is 0 Å². The van der Waals surface area contributed by atoms with E-state index >= 15 is 0 Å². The average Bonchev–Trinajstić information content (AvgIpc) is 2.96. The summed E-state index contributed by atoms with van der Waals surface area (Å²) in [4.78, 5) is 12.0. The third-order valence-corrected chi connectivity index (χ3v) is 3.41. The lowest BCUT2D eigenvalue weighted by atomic mass is 10.1. The number of rotatable bonds is 8. The number of carbonyl (C=O) groups is 1. The van der Waals surface area contributed by atoms with E-state index in [1.54, 1.807) is 13.0 Å². The summed E-state index contributed by atoms with van der Waals surface area (Å²) in [6.07, 6.45) is 2.24. The molecule has 0 bridgehead atoms. The Morgan fingerprint density at radius 2 is 1.87 bits per heavy atom. The minimum absolute atomic E-state index is 0.118. The van der Waals surface area contributed by atoms with Crippen molar-refractivity contribution in [3.8, 4) is 11.5 Å². The van der Waals surface area contributed by atoms with E-state index in [2.05, 4.69) is 5.32 Å². The SMILES string of the molecule is CCOc1ccc(CCNC(=O)c2ccoc2C)cc1OCC. The van der Waals surface area contributed by atoms with Crippen LogP contribution in [0.2, 0.25) is 0 Å². The second-order valence-electron chi connectivity index (χ2n) is 5.04. The Labute approximate surface area is 136 Å². The van der Waals surface area contributed by atoms with Gasteiger partial charge in [0.05, 0.1) is 25.0 Å². The summed E-state index contributed by atoms with van der Waals surface area (Å²) < 4.78 is 16.3. The lowest BCUT2D eigenvalue weighted by Gasteiger charge is -2.12. The number of amides is 1. The fourth-order valence-electron chi connectivity index (χ4n) is 2.29. The van der Waals surface area contributed by atoms with Crippen molar-refractivity contribution >= 4 is 5.91 Å². The summed E-state index contributed by atoms with van der Waals surface area (Å²) in [6.45, 7) is 7.38. The first-order valence-corrected chi connectivity index (χ1v) is 7.86. The highest BCUT2D eigenvalue weighted by Crippen LogP contribution is 2.28. The maximum Gasteiger partial charge on any atom is 0.254 e. The van der Waals surface area contributed by atoms with Gasteiger partial charge in [0, 0.05) is 6.54 Å². The number of hydrogen-bond donors (Lipinski definition) is 1. The van der Waals surface area contributed by atoms with Gasteiger partial charge in [-0.2, -0.15) is 0 Å². The van der Waals surface area contributed by atoms with Crippen molar-refractivity contribution in [2.45, 2.75) is 27.2 Å². The molecule has 1 amide bonds. The number of carbonyl (C=O) groups excluding carboxylic acids is 1. The molecule has 0 aliphatic carbocycles. The molecule has 1 heterocycles. The van der Waals surface area contributed by atoms with Crippen LogP contribution in [0.3, 0.4) is 0 Å². The minimum atomic E-state index is -0.118. The quantitative estimate of drug-likeness (QED) is 0.811. The van der Waals surface area contributed by atoms with Gasteiger partial charge in [0.25, 0.3) is 5.91 Å². The topological polar surface area (TPSA) is 60.7 Å². The minimum Gasteiger partial charge on any atom is -0.490 e. The summed E-state index contributed by atoms with van der Waals surface area (Å²) in [5.74, 6) is 1.99. The highest BCUT2D eigenvalue weighted by molar-refractivity contribution is 5.95. The van der Waals surface area contributed by atoms with E-state index in [0.29, 0.717) is 31.1 Å². The fourth-order valence-corrected chi connectivity index (χ4v) is 2.29. The molecule has 0 saturated heterocycles. The van der Waals surface area contributed by atoms with Gasteiger partial charge in [0.1, 0.15) is 5.76 Å². The highest BCUT2D eigenvalue weighted by Gasteiger charge is 2.11. The normalized spacial score (nSPS) is 10.4. The Bertz CT molecular complexity index is 648. The van der Waals surface area contributed by atoms with Gasteiger partial charge in [-0.15, -0.1) is 0 Å². The highest BCUT2D eigenvalue weighted by atomic mass is 16.5. The van der Waals surface area contributed by atoms with Gasteiger partial charge in [-0.05, 0) is 51.0 Å². The Hall–Kier alpha value is -2.43. The molecule has 5 nitrogen and oxygen atoms in total. The van der Waals surface area contributed by atoms with Crippen LogP contribution in [-0.2, 0) is 6.42 Å². The second-order valence-corrected chi connectivity index (χ2v) is 5.04. The molecule has 1 aromatic heterocycles. The van der Waals surface area contributed by atoms with E-state index in [-0.39, 0.29) is 5.91 Å². The molecule has 2 aromatic rings. The summed E-state index contributed by atoms with van der Waals surface area (Å²) in [5.41, 5.74) is 1.66. The van der Waals surface area contributed by atoms with E-state index in [1.807, 2.05) is 32.0 Å². The van der Waals surface area contributed by atoms with Gasteiger partial charge in [-0.25, -0.2) is 0 Å². The number of furan rings is 1. The standard InChI is InChI=1S/C18H23NO4/c1-4-21-16-7-6-14(12-17(16)22-5-2)8-10-19-18(20)15-9-11-23-13(15)3/h6-7,9,11-12H,4-5,8,10H2,1-3H3,(H,19,20). The van der Waals surface area contributed by atoms with Crippen molar-refractivity contribution in [2.24, 2.45) is 0 Å². The molecule has 5 heteroatoms. The first kappa shape index (κ1) is 16.9. The van der Waals surface area contributed by atoms with Gasteiger partial charge < -0.3 is 19.2 Å². The average molecular weight is 317 g/mol. The first-order valence-electron chi connectivity index (χ1n) is 7.86. The van der Waals surface area contributed by atoms with Gasteiger partial charge >= 0.3 is 0 Å². The summed E-state index contributed by atoms with van der Waals surface area (Å²) in [5, 5.41) is 2.89. The van der Waals surface area contributed by atoms with Crippen LogP contribution in [0.15, 0.2) is 34.9 Å². The number of ether oxygens (including phenoxy) is 2. The molecule has 23 heavy (non-hydrogen) atoms. The summed E-state index contributed by atoms with van der Waals surface area (Å²) >= 11 is 0. The van der Waals surface area contributed by atoms with Crippen LogP contribution in [0, 0.1) is 6.92 Å². The van der Waals surface area contributed by atoms with E-state index in [4.69, 9.17) is 13.9 Å². The van der Waals surface area contributed by atoms with E-state index in [0.717, 1.165) is 23.5 Å². The van der Waals surface area contributed by atoms with Crippen molar-refractivity contribution in [3.63, 3.8) is 0 Å². The van der Waals surface area contributed by atoms with Crippen LogP contribution in [-0.4, -0.2) is 25.7 Å². The zero-order valence-corrected chi connectivity index (χ0v) is 13.8. The monoisotopic (exact) mass is 317 g/mol. The molecule has 0 unspecified atom stereocenters. The van der Waals surface area contributed by atoms with Gasteiger partial charge in [0.15, 0.2) is 11.5 Å². The van der Waals surface area contributed by atoms with Crippen molar-refractivity contribution in [1.82, 2.24) is 5.32 Å². The lowest BCUT2D eigenvalue weighted by molar-refractivity contribution is 0.0952. The third kappa shape index (κ3) is 4.52. The summed E-state index contributed by atoms with van der Waals surface area (Å²) in [7, 11) is 0. The van der Waals surface area contributed by atoms with Crippen molar-refractivity contribution < 1.29 is 18.7 Å². The zero-order chi connectivity index (χ0) is 16.7. The van der Waals surface area contributed by atoms with E-state index in [9.17, 15) is 4.79 Å². The maximum atomic E-state index is 12.0. The first-order chi connectivity index (χ1) is 11.2. The Morgan fingerprint density at radius 1 is 1.13 bits per heavy atom. The Balaban J connectivity index is 1.94. The van der Waals surface area contributed by atoms with Crippen LogP contribution >= 0.6 is 0 Å². The number of nitrogens with one attached hydrogen (secondary N) is 1. The molecule has 0 aliphatic rings. The van der Waals surface area contributed by atoms with Gasteiger partial charge in [-0.1, -0.05) is 6.07 Å². The molecule has 124 valence electrons. The van der Waals surface area contributed by atoms with Crippen LogP contribution in [0.4, 0.5) is 0 Å². The smallest absolute Gasteiger partial charge is 0.254 e. The Morgan fingerprint density at radius 3 is 2.52 bits per heavy atom. The molecule has 1 N–H and O–H groups in total. The summed E-state index contributed by atoms with van der Waals surface area (Å²) in [6, 6.07) is 7.53. The van der Waals surface area contributed by atoms with Crippen LogP contribution < -0.4 is 14.8 Å². The predicted octanol–water partition coefficient (Wildman–Crippen LogP) is 3.36. The molecule has 0 aliphatic heterocycles. The van der Waals surface area contributed by atoms with Crippen molar-refractivity contribution in [3.05, 3.63) is 47.4 Å². The third-order valence-electron chi connectivity index (χ3n) is 3.41. The van der Waals surface area contributed by atoms with Gasteiger partial charge in [-0.3, -0.25) is 4.79 Å². The molecule has 2 rings (SSSR count). The van der Waals surface area contributed by atoms with Crippen LogP contribution in [0.1, 0.15) is 35.5 Å². The molecular formula is C18H23NO4. The number of hydrogen-bond acceptors (Lipinski definition) is 4. The maximum absolute atomic E-state index is 12.0.